The molecule has 1 aromatic carbocycles. The Morgan fingerprint density at radius 1 is 1.18 bits per heavy atom. The van der Waals surface area contributed by atoms with Crippen LogP contribution in [0.1, 0.15) is 45.4 Å². The molecule has 28 heavy (non-hydrogen) atoms. The first kappa shape index (κ1) is 22.2. The predicted octanol–water partition coefficient (Wildman–Crippen LogP) is 2.01. The van der Waals surface area contributed by atoms with Gasteiger partial charge in [0.25, 0.3) is 5.91 Å². The third kappa shape index (κ3) is 6.52. The van der Waals surface area contributed by atoms with E-state index in [2.05, 4.69) is 10.0 Å². The first-order valence-electron chi connectivity index (χ1n) is 9.13. The summed E-state index contributed by atoms with van der Waals surface area (Å²) in [6, 6.07) is 2.25. The molecule has 0 unspecified atom stereocenters. The lowest BCUT2D eigenvalue weighted by atomic mass is 9.95. The van der Waals surface area contributed by atoms with Crippen LogP contribution in [0.5, 0.6) is 0 Å². The van der Waals surface area contributed by atoms with Crippen molar-refractivity contribution in [1.82, 2.24) is 10.0 Å². The van der Waals surface area contributed by atoms with Crippen LogP contribution >= 0.6 is 0 Å². The second-order valence-corrected chi connectivity index (χ2v) is 8.47. The van der Waals surface area contributed by atoms with Gasteiger partial charge in [0.05, 0.1) is 11.3 Å². The van der Waals surface area contributed by atoms with E-state index in [1.807, 2.05) is 0 Å². The minimum absolute atomic E-state index is 0.0883. The zero-order chi connectivity index (χ0) is 20.7. The lowest BCUT2D eigenvalue weighted by Gasteiger charge is -2.24. The maximum absolute atomic E-state index is 13.2. The van der Waals surface area contributed by atoms with Crippen molar-refractivity contribution < 1.29 is 31.5 Å². The molecule has 0 radical (unpaired) electrons. The number of esters is 1. The summed E-state index contributed by atoms with van der Waals surface area (Å²) in [5.74, 6) is -3.59. The predicted molar refractivity (Wildman–Crippen MR) is 96.7 cm³/mol. The largest absolute Gasteiger partial charge is 0.453 e. The van der Waals surface area contributed by atoms with Crippen molar-refractivity contribution in [2.24, 2.45) is 0 Å². The van der Waals surface area contributed by atoms with Gasteiger partial charge in [0, 0.05) is 12.6 Å². The lowest BCUT2D eigenvalue weighted by molar-refractivity contribution is -0.155. The summed E-state index contributed by atoms with van der Waals surface area (Å²) in [7, 11) is -4.10. The summed E-state index contributed by atoms with van der Waals surface area (Å²) >= 11 is 0. The van der Waals surface area contributed by atoms with Gasteiger partial charge in [-0.3, -0.25) is 9.59 Å². The lowest BCUT2D eigenvalue weighted by Crippen LogP contribution is -2.43. The summed E-state index contributed by atoms with van der Waals surface area (Å²) in [6.45, 7) is 1.14. The van der Waals surface area contributed by atoms with E-state index in [1.165, 1.54) is 6.92 Å². The van der Waals surface area contributed by atoms with Gasteiger partial charge >= 0.3 is 5.97 Å². The van der Waals surface area contributed by atoms with Gasteiger partial charge in [-0.25, -0.2) is 21.9 Å². The van der Waals surface area contributed by atoms with Crippen molar-refractivity contribution in [3.8, 4) is 0 Å². The second-order valence-electron chi connectivity index (χ2n) is 6.70. The highest BCUT2D eigenvalue weighted by atomic mass is 32.2. The van der Waals surface area contributed by atoms with Gasteiger partial charge in [-0.1, -0.05) is 19.3 Å². The molecule has 0 bridgehead atoms. The smallest absolute Gasteiger partial charge is 0.307 e. The summed E-state index contributed by atoms with van der Waals surface area (Å²) in [5.41, 5.74) is 0. The number of ether oxygens (including phenoxy) is 1. The van der Waals surface area contributed by atoms with E-state index in [-0.39, 0.29) is 24.9 Å². The molecule has 1 aliphatic rings. The molecule has 1 saturated carbocycles. The van der Waals surface area contributed by atoms with E-state index in [4.69, 9.17) is 4.74 Å². The Kier molecular flexibility index (Phi) is 7.88. The van der Waals surface area contributed by atoms with Gasteiger partial charge in [0.2, 0.25) is 10.0 Å². The zero-order valence-electron chi connectivity index (χ0n) is 15.5. The maximum atomic E-state index is 13.2. The number of nitrogens with one attached hydrogen (secondary N) is 2. The number of carbonyl (C=O) groups excluding carboxylic acids is 2. The molecule has 156 valence electrons. The van der Waals surface area contributed by atoms with E-state index in [0.29, 0.717) is 12.1 Å². The molecule has 1 aliphatic carbocycles. The topological polar surface area (TPSA) is 102 Å². The molecule has 1 atom stereocenters. The Hall–Kier alpha value is -2.07. The number of rotatable bonds is 8. The summed E-state index contributed by atoms with van der Waals surface area (Å²) in [5, 5.41) is 2.84. The Labute approximate surface area is 162 Å². The molecule has 2 N–H and O–H groups in total. The van der Waals surface area contributed by atoms with E-state index in [9.17, 15) is 26.8 Å². The fraction of sp³-hybridized carbons (Fsp3) is 0.556. The van der Waals surface area contributed by atoms with Crippen LogP contribution in [0.2, 0.25) is 0 Å². The van der Waals surface area contributed by atoms with Gasteiger partial charge in [-0.15, -0.1) is 0 Å². The molecule has 1 amide bonds. The highest BCUT2D eigenvalue weighted by molar-refractivity contribution is 7.89. The van der Waals surface area contributed by atoms with E-state index < -0.39 is 38.6 Å². The van der Waals surface area contributed by atoms with Crippen molar-refractivity contribution in [3.63, 3.8) is 0 Å². The second kappa shape index (κ2) is 9.92. The van der Waals surface area contributed by atoms with Crippen molar-refractivity contribution in [3.05, 3.63) is 29.8 Å². The number of carbonyl (C=O) groups is 2. The molecule has 1 aromatic rings. The molecule has 0 aromatic heterocycles. The molecule has 10 heteroatoms. The van der Waals surface area contributed by atoms with E-state index in [0.717, 1.165) is 38.2 Å². The third-order valence-electron chi connectivity index (χ3n) is 4.45. The average molecular weight is 418 g/mol. The van der Waals surface area contributed by atoms with Gasteiger partial charge in [0.1, 0.15) is 0 Å². The molecule has 0 aliphatic heterocycles. The van der Waals surface area contributed by atoms with Gasteiger partial charge in [-0.2, -0.15) is 0 Å². The maximum Gasteiger partial charge on any atom is 0.307 e. The molecule has 2 rings (SSSR count). The minimum Gasteiger partial charge on any atom is -0.453 e. The third-order valence-corrected chi connectivity index (χ3v) is 5.91. The van der Waals surface area contributed by atoms with E-state index in [1.54, 1.807) is 0 Å². The normalized spacial score (nSPS) is 16.4. The molecule has 0 heterocycles. The summed E-state index contributed by atoms with van der Waals surface area (Å²) in [4.78, 5) is 23.4. The number of hydrogen-bond acceptors (Lipinski definition) is 5. The van der Waals surface area contributed by atoms with Crippen molar-refractivity contribution in [2.75, 3.05) is 6.54 Å². The fourth-order valence-electron chi connectivity index (χ4n) is 2.89. The van der Waals surface area contributed by atoms with E-state index >= 15 is 0 Å². The van der Waals surface area contributed by atoms with Crippen LogP contribution in [-0.4, -0.2) is 39.0 Å². The van der Waals surface area contributed by atoms with Gasteiger partial charge in [0.15, 0.2) is 17.7 Å². The Morgan fingerprint density at radius 2 is 1.86 bits per heavy atom. The van der Waals surface area contributed by atoms with Crippen LogP contribution in [0.4, 0.5) is 8.78 Å². The van der Waals surface area contributed by atoms with Crippen LogP contribution in [0.3, 0.4) is 0 Å². The molecule has 0 saturated heterocycles. The summed E-state index contributed by atoms with van der Waals surface area (Å²) < 4.78 is 57.2. The molecule has 1 fully saturated rings. The molecule has 7 nitrogen and oxygen atoms in total. The first-order chi connectivity index (χ1) is 13.2. The quantitative estimate of drug-likeness (QED) is 0.629. The number of halogens is 2. The van der Waals surface area contributed by atoms with Crippen molar-refractivity contribution in [1.29, 1.82) is 0 Å². The first-order valence-corrected chi connectivity index (χ1v) is 10.6. The molecular formula is C18H24F2N2O5S. The van der Waals surface area contributed by atoms with Crippen LogP contribution in [0.15, 0.2) is 23.1 Å². The van der Waals surface area contributed by atoms with Crippen LogP contribution < -0.4 is 10.0 Å². The number of amides is 1. The fourth-order valence-corrected chi connectivity index (χ4v) is 3.93. The minimum atomic E-state index is -4.10. The Morgan fingerprint density at radius 3 is 2.50 bits per heavy atom. The van der Waals surface area contributed by atoms with Crippen LogP contribution in [0, 0.1) is 11.6 Å². The number of hydrogen-bond donors (Lipinski definition) is 2. The monoisotopic (exact) mass is 418 g/mol. The van der Waals surface area contributed by atoms with Crippen LogP contribution in [0.25, 0.3) is 0 Å². The average Bonchev–Trinajstić information content (AvgIpc) is 2.64. The highest BCUT2D eigenvalue weighted by Gasteiger charge is 2.23. The zero-order valence-corrected chi connectivity index (χ0v) is 16.4. The van der Waals surface area contributed by atoms with Gasteiger partial charge in [-0.05, 0) is 38.0 Å². The highest BCUT2D eigenvalue weighted by Crippen LogP contribution is 2.17. The number of sulfonamides is 1. The molecular weight excluding hydrogens is 394 g/mol. The van der Waals surface area contributed by atoms with Crippen molar-refractivity contribution in [2.45, 2.75) is 62.5 Å². The van der Waals surface area contributed by atoms with Gasteiger partial charge < -0.3 is 10.1 Å². The van der Waals surface area contributed by atoms with Crippen LogP contribution in [-0.2, 0) is 24.3 Å². The standard InChI is InChI=1S/C18H24F2N2O5S/c1-12(18(24)22-13-5-3-2-4-6-13)27-17(23)9-10-21-28(25,26)14-7-8-15(19)16(20)11-14/h7-8,11-13,21H,2-6,9-10H2,1H3,(H,22,24)/t12-/m1/s1. The Bertz CT molecular complexity index is 810. The number of benzene rings is 1. The SMILES string of the molecule is C[C@@H](OC(=O)CCNS(=O)(=O)c1ccc(F)c(F)c1)C(=O)NC1CCCCC1. The Balaban J connectivity index is 1.76. The van der Waals surface area contributed by atoms with Crippen molar-refractivity contribution >= 4 is 21.9 Å². The molecule has 0 spiro atoms. The summed E-state index contributed by atoms with van der Waals surface area (Å²) in [6.07, 6.45) is 3.75.